The Bertz CT molecular complexity index is 1240. The van der Waals surface area contributed by atoms with E-state index in [1.807, 2.05) is 48.6 Å². The number of rotatable bonds is 20. The number of hydrogen-bond acceptors (Lipinski definition) is 9. The van der Waals surface area contributed by atoms with Gasteiger partial charge in [-0.2, -0.15) is 0 Å². The highest BCUT2D eigenvalue weighted by atomic mass is 127. The molecule has 0 saturated heterocycles. The van der Waals surface area contributed by atoms with Crippen LogP contribution in [0.1, 0.15) is 22.5 Å². The van der Waals surface area contributed by atoms with E-state index in [-0.39, 0.29) is 45.5 Å². The van der Waals surface area contributed by atoms with Gasteiger partial charge >= 0.3 is 0 Å². The highest BCUT2D eigenvalue weighted by Gasteiger charge is 2.28. The van der Waals surface area contributed by atoms with Gasteiger partial charge < -0.3 is 48.9 Å². The molecule has 4 N–H and O–H groups in total. The lowest BCUT2D eigenvalue weighted by molar-refractivity contribution is -0.115. The van der Waals surface area contributed by atoms with Crippen LogP contribution < -0.4 is 14.8 Å². The minimum Gasteiger partial charge on any atom is -0.491 e. The molecule has 234 valence electrons. The highest BCUT2D eigenvalue weighted by Crippen LogP contribution is 2.39. The molecule has 0 saturated carbocycles. The van der Waals surface area contributed by atoms with Crippen LogP contribution in [0.2, 0.25) is 0 Å². The molecule has 1 aliphatic heterocycles. The topological polar surface area (TPSA) is 141 Å². The predicted molar refractivity (Wildman–Crippen MR) is 179 cm³/mol. The minimum absolute atomic E-state index is 0.0296. The number of nitrogens with one attached hydrogen (secondary N) is 2. The van der Waals surface area contributed by atoms with Crippen molar-refractivity contribution in [3.63, 3.8) is 0 Å². The van der Waals surface area contributed by atoms with Crippen molar-refractivity contribution >= 4 is 64.5 Å². The summed E-state index contributed by atoms with van der Waals surface area (Å²) < 4.78 is 35.2. The molecule has 0 bridgehead atoms. The van der Waals surface area contributed by atoms with E-state index in [4.69, 9.17) is 46.5 Å². The first-order valence-corrected chi connectivity index (χ1v) is 15.9. The minimum atomic E-state index is -0.259. The van der Waals surface area contributed by atoms with Crippen molar-refractivity contribution in [1.82, 2.24) is 10.3 Å². The molecule has 14 heteroatoms. The predicted octanol–water partition coefficient (Wildman–Crippen LogP) is 2.75. The van der Waals surface area contributed by atoms with E-state index in [1.165, 1.54) is 0 Å². The Hall–Kier alpha value is -1.67. The lowest BCUT2D eigenvalue weighted by atomic mass is 9.87. The molecule has 3 rings (SSSR count). The van der Waals surface area contributed by atoms with Gasteiger partial charge in [0.1, 0.15) is 32.6 Å². The zero-order chi connectivity index (χ0) is 31.2. The maximum Gasteiger partial charge on any atom is 0.261 e. The van der Waals surface area contributed by atoms with Gasteiger partial charge in [-0.1, -0.05) is 5.47 Å². The summed E-state index contributed by atoms with van der Waals surface area (Å²) in [6.45, 7) is 7.25. The van der Waals surface area contributed by atoms with E-state index < -0.39 is 0 Å². The van der Waals surface area contributed by atoms with E-state index in [2.05, 4.69) is 32.9 Å². The zero-order valence-electron chi connectivity index (χ0n) is 24.3. The largest absolute Gasteiger partial charge is 0.491 e. The number of amides is 1. The molecule has 0 unspecified atom stereocenters. The summed E-state index contributed by atoms with van der Waals surface area (Å²) in [5.74, 6) is 0.827. The summed E-state index contributed by atoms with van der Waals surface area (Å²) in [5, 5.41) is 20.5. The highest BCUT2D eigenvalue weighted by molar-refractivity contribution is 14.1. The van der Waals surface area contributed by atoms with Crippen molar-refractivity contribution in [1.29, 1.82) is 0 Å². The molecule has 2 aromatic rings. The number of aryl methyl sites for hydroxylation is 1. The number of H-pyrrole nitrogens is 1. The van der Waals surface area contributed by atoms with E-state index in [1.54, 1.807) is 6.07 Å². The number of allylic oxidation sites excluding steroid dienone is 1. The van der Waals surface area contributed by atoms with Crippen LogP contribution in [0.25, 0.3) is 5.57 Å². The van der Waals surface area contributed by atoms with Crippen LogP contribution in [0.3, 0.4) is 0 Å². The molecule has 1 aromatic heterocycles. The molecular formula is C29H37BI2N2O9. The first-order chi connectivity index (χ1) is 20.8. The molecule has 11 nitrogen and oxygen atoms in total. The maximum atomic E-state index is 12.6. The Morgan fingerprint density at radius 1 is 0.791 bits per heavy atom. The molecule has 1 amide bonds. The molecule has 0 aliphatic carbocycles. The van der Waals surface area contributed by atoms with Gasteiger partial charge in [0, 0.05) is 26.6 Å². The molecule has 43 heavy (non-hydrogen) atoms. The van der Waals surface area contributed by atoms with Crippen molar-refractivity contribution in [2.75, 3.05) is 79.3 Å². The van der Waals surface area contributed by atoms with Gasteiger partial charge in [-0.3, -0.25) is 4.79 Å². The summed E-state index contributed by atoms with van der Waals surface area (Å²) in [6, 6.07) is 5.54. The van der Waals surface area contributed by atoms with E-state index in [0.717, 1.165) is 26.1 Å². The van der Waals surface area contributed by atoms with E-state index >= 15 is 0 Å². The van der Waals surface area contributed by atoms with Gasteiger partial charge in [0.2, 0.25) is 0 Å². The Morgan fingerprint density at radius 3 is 1.70 bits per heavy atom. The molecule has 0 fully saturated rings. The molecule has 2 heterocycles. The fourth-order valence-electron chi connectivity index (χ4n) is 4.15. The van der Waals surface area contributed by atoms with Crippen molar-refractivity contribution in [3.05, 3.63) is 59.0 Å². The Labute approximate surface area is 280 Å². The van der Waals surface area contributed by atoms with Crippen LogP contribution in [0.4, 0.5) is 0 Å². The van der Waals surface area contributed by atoms with Crippen LogP contribution in [-0.4, -0.2) is 108 Å². The SMILES string of the molecule is [B]C1=C(I)C(=O)N/C1=C(/c1cc(OCCOCCOCCO)cc(OCCOCCOCCO)c1)c1[nH]c(C)c(I)c1C. The van der Waals surface area contributed by atoms with Crippen LogP contribution in [0.15, 0.2) is 32.9 Å². The first-order valence-electron chi connectivity index (χ1n) is 13.8. The number of aromatic amines is 1. The zero-order valence-corrected chi connectivity index (χ0v) is 28.6. The van der Waals surface area contributed by atoms with Crippen molar-refractivity contribution in [2.45, 2.75) is 13.8 Å². The average Bonchev–Trinajstić information content (AvgIpc) is 3.39. The Morgan fingerprint density at radius 2 is 1.28 bits per heavy atom. The van der Waals surface area contributed by atoms with E-state index in [0.29, 0.717) is 71.5 Å². The quantitative estimate of drug-likeness (QED) is 0.0903. The number of aliphatic hydroxyl groups is 2. The third kappa shape index (κ3) is 10.7. The molecular weight excluding hydrogens is 785 g/mol. The summed E-state index contributed by atoms with van der Waals surface area (Å²) in [5.41, 5.74) is 5.16. The lowest BCUT2D eigenvalue weighted by Crippen LogP contribution is -2.17. The fraction of sp³-hybridized carbons (Fsp3) is 0.483. The van der Waals surface area contributed by atoms with Gasteiger partial charge in [-0.05, 0) is 82.3 Å². The van der Waals surface area contributed by atoms with E-state index in [9.17, 15) is 4.79 Å². The first kappa shape index (κ1) is 35.8. The number of aliphatic hydroxyl groups excluding tert-OH is 2. The van der Waals surface area contributed by atoms with Gasteiger partial charge in [-0.15, -0.1) is 0 Å². The number of carbonyl (C=O) groups is 1. The number of aromatic nitrogens is 1. The Balaban J connectivity index is 1.87. The van der Waals surface area contributed by atoms with Gasteiger partial charge in [0.15, 0.2) is 0 Å². The van der Waals surface area contributed by atoms with Crippen molar-refractivity contribution < 1.29 is 43.4 Å². The monoisotopic (exact) mass is 822 g/mol. The molecule has 2 radical (unpaired) electrons. The van der Waals surface area contributed by atoms with Crippen LogP contribution in [0, 0.1) is 17.4 Å². The molecule has 1 aromatic carbocycles. The van der Waals surface area contributed by atoms with Crippen molar-refractivity contribution in [2.24, 2.45) is 0 Å². The number of hydrogen-bond donors (Lipinski definition) is 4. The lowest BCUT2D eigenvalue weighted by Gasteiger charge is -2.17. The third-order valence-corrected chi connectivity index (χ3v) is 8.86. The number of ether oxygens (including phenoxy) is 6. The summed E-state index contributed by atoms with van der Waals surface area (Å²) >= 11 is 4.25. The second kappa shape index (κ2) is 19.0. The fourth-order valence-corrected chi connectivity index (χ4v) is 4.96. The second-order valence-corrected chi connectivity index (χ2v) is 11.4. The number of benzene rings is 1. The molecule has 1 aliphatic rings. The van der Waals surface area contributed by atoms with Crippen LogP contribution in [0.5, 0.6) is 11.5 Å². The smallest absolute Gasteiger partial charge is 0.261 e. The standard InChI is InChI=1S/C29H37BI2N2O9/c1-18-25(31)19(2)33-27(18)23(28-24(30)26(32)29(37)34-28)20-15-21(42-13-11-40-9-7-38-5-3-35)17-22(16-20)43-14-12-41-10-8-39-6-4-36/h15-17,33,35-36H,3-14H2,1-2H3,(H,34,37)/b28-23-. The molecule has 0 spiro atoms. The average molecular weight is 822 g/mol. The van der Waals surface area contributed by atoms with Crippen LogP contribution >= 0.6 is 45.2 Å². The van der Waals surface area contributed by atoms with Crippen molar-refractivity contribution in [3.8, 4) is 11.5 Å². The third-order valence-electron chi connectivity index (χ3n) is 6.17. The number of halogens is 2. The van der Waals surface area contributed by atoms with Crippen LogP contribution in [-0.2, 0) is 23.7 Å². The van der Waals surface area contributed by atoms with Gasteiger partial charge in [0.25, 0.3) is 5.91 Å². The maximum absolute atomic E-state index is 12.6. The second-order valence-electron chi connectivity index (χ2n) is 9.28. The summed E-state index contributed by atoms with van der Waals surface area (Å²) in [7, 11) is 6.45. The summed E-state index contributed by atoms with van der Waals surface area (Å²) in [6.07, 6.45) is 0. The molecule has 0 atom stereocenters. The normalized spacial score (nSPS) is 14.4. The Kier molecular flexibility index (Phi) is 15.8. The van der Waals surface area contributed by atoms with Gasteiger partial charge in [0.05, 0.1) is 75.3 Å². The van der Waals surface area contributed by atoms with Gasteiger partial charge in [-0.25, -0.2) is 0 Å². The summed E-state index contributed by atoms with van der Waals surface area (Å²) in [4.78, 5) is 16.1. The number of carbonyl (C=O) groups excluding carboxylic acids is 1.